The Labute approximate surface area is 109 Å². The smallest absolute Gasteiger partial charge is 0.132 e. The summed E-state index contributed by atoms with van der Waals surface area (Å²) < 4.78 is 11.0. The van der Waals surface area contributed by atoms with E-state index in [4.69, 9.17) is 15.2 Å². The fourth-order valence-electron chi connectivity index (χ4n) is 2.07. The van der Waals surface area contributed by atoms with Crippen molar-refractivity contribution < 1.29 is 9.47 Å². The van der Waals surface area contributed by atoms with Crippen molar-refractivity contribution >= 4 is 11.3 Å². The Kier molecular flexibility index (Phi) is 2.93. The lowest BCUT2D eigenvalue weighted by Gasteiger charge is -2.08. The lowest BCUT2D eigenvalue weighted by molar-refractivity contribution is 0.324. The Morgan fingerprint density at radius 2 is 2.39 bits per heavy atom. The van der Waals surface area contributed by atoms with Crippen LogP contribution in [0.4, 0.5) is 0 Å². The molecule has 0 spiro atoms. The van der Waals surface area contributed by atoms with Gasteiger partial charge in [0.2, 0.25) is 0 Å². The van der Waals surface area contributed by atoms with Crippen molar-refractivity contribution in [1.82, 2.24) is 4.98 Å². The fourth-order valence-corrected chi connectivity index (χ4v) is 3.01. The first-order valence-corrected chi connectivity index (χ1v) is 6.63. The number of benzene rings is 1. The molecule has 2 N–H and O–H groups in total. The maximum absolute atomic E-state index is 5.76. The molecule has 1 aliphatic rings. The van der Waals surface area contributed by atoms with Gasteiger partial charge in [-0.1, -0.05) is 0 Å². The minimum Gasteiger partial charge on any atom is -0.497 e. The fraction of sp³-hybridized carbons (Fsp3) is 0.308. The van der Waals surface area contributed by atoms with Crippen LogP contribution in [0.15, 0.2) is 18.2 Å². The van der Waals surface area contributed by atoms with Crippen LogP contribution in [-0.2, 0) is 13.0 Å². The highest BCUT2D eigenvalue weighted by Crippen LogP contribution is 2.39. The molecule has 0 unspecified atom stereocenters. The van der Waals surface area contributed by atoms with Crippen molar-refractivity contribution in [2.24, 2.45) is 5.73 Å². The predicted octanol–water partition coefficient (Wildman–Crippen LogP) is 2.21. The number of methoxy groups -OCH3 is 1. The van der Waals surface area contributed by atoms with Gasteiger partial charge in [-0.15, -0.1) is 11.3 Å². The number of fused-ring (bicyclic) bond motifs is 3. The number of aromatic nitrogens is 1. The van der Waals surface area contributed by atoms with E-state index in [0.717, 1.165) is 34.2 Å². The Hall–Kier alpha value is -1.59. The monoisotopic (exact) mass is 262 g/mol. The zero-order chi connectivity index (χ0) is 12.5. The molecule has 0 fully saturated rings. The highest BCUT2D eigenvalue weighted by atomic mass is 32.1. The van der Waals surface area contributed by atoms with E-state index in [1.807, 2.05) is 18.2 Å². The van der Waals surface area contributed by atoms with Crippen LogP contribution in [0.25, 0.3) is 11.3 Å². The number of nitrogens with zero attached hydrogens (tertiary/aromatic N) is 1. The topological polar surface area (TPSA) is 57.4 Å². The van der Waals surface area contributed by atoms with Gasteiger partial charge >= 0.3 is 0 Å². The molecule has 2 aromatic rings. The van der Waals surface area contributed by atoms with E-state index >= 15 is 0 Å². The highest BCUT2D eigenvalue weighted by molar-refractivity contribution is 7.12. The summed E-state index contributed by atoms with van der Waals surface area (Å²) in [5, 5.41) is 0.976. The molecule has 1 aromatic heterocycles. The molecule has 0 saturated carbocycles. The molecular weight excluding hydrogens is 248 g/mol. The second-order valence-electron chi connectivity index (χ2n) is 4.04. The van der Waals surface area contributed by atoms with E-state index in [1.54, 1.807) is 18.4 Å². The summed E-state index contributed by atoms with van der Waals surface area (Å²) in [6, 6.07) is 5.84. The van der Waals surface area contributed by atoms with Crippen LogP contribution in [0.2, 0.25) is 0 Å². The van der Waals surface area contributed by atoms with Crippen LogP contribution >= 0.6 is 11.3 Å². The van der Waals surface area contributed by atoms with E-state index in [0.29, 0.717) is 13.2 Å². The highest BCUT2D eigenvalue weighted by Gasteiger charge is 2.20. The number of ether oxygens (including phenoxy) is 2. The normalized spacial score (nSPS) is 13.2. The number of rotatable bonds is 2. The van der Waals surface area contributed by atoms with Crippen molar-refractivity contribution in [2.75, 3.05) is 13.7 Å². The van der Waals surface area contributed by atoms with E-state index < -0.39 is 0 Å². The first-order valence-electron chi connectivity index (χ1n) is 5.81. The minimum atomic E-state index is 0.490. The molecule has 0 radical (unpaired) electrons. The molecule has 18 heavy (non-hydrogen) atoms. The maximum Gasteiger partial charge on any atom is 0.132 e. The molecule has 0 bridgehead atoms. The largest absolute Gasteiger partial charge is 0.497 e. The standard InChI is InChI=1S/C13H14N2O2S/c1-16-8-2-3-9-10(6-8)17-5-4-11-13(9)15-12(7-14)18-11/h2-3,6H,4-5,7,14H2,1H3. The second-order valence-corrected chi connectivity index (χ2v) is 5.21. The van der Waals surface area contributed by atoms with Crippen LogP contribution < -0.4 is 15.2 Å². The molecule has 1 aromatic carbocycles. The van der Waals surface area contributed by atoms with Gasteiger partial charge in [-0.25, -0.2) is 4.98 Å². The molecule has 0 atom stereocenters. The van der Waals surface area contributed by atoms with Crippen molar-refractivity contribution in [3.8, 4) is 22.8 Å². The van der Waals surface area contributed by atoms with Crippen LogP contribution in [0, 0.1) is 0 Å². The second kappa shape index (κ2) is 4.59. The number of hydrogen-bond acceptors (Lipinski definition) is 5. The number of hydrogen-bond donors (Lipinski definition) is 1. The zero-order valence-corrected chi connectivity index (χ0v) is 10.9. The summed E-state index contributed by atoms with van der Waals surface area (Å²) in [6.07, 6.45) is 0.879. The summed E-state index contributed by atoms with van der Waals surface area (Å²) in [6.45, 7) is 1.16. The van der Waals surface area contributed by atoms with Crippen LogP contribution in [0.1, 0.15) is 9.88 Å². The Morgan fingerprint density at radius 1 is 1.50 bits per heavy atom. The third kappa shape index (κ3) is 1.85. The quantitative estimate of drug-likeness (QED) is 0.901. The molecule has 0 saturated heterocycles. The average molecular weight is 262 g/mol. The Bertz CT molecular complexity index is 580. The Balaban J connectivity index is 2.14. The van der Waals surface area contributed by atoms with Crippen molar-refractivity contribution in [1.29, 1.82) is 0 Å². The van der Waals surface area contributed by atoms with E-state index in [-0.39, 0.29) is 0 Å². The first-order chi connectivity index (χ1) is 8.81. The van der Waals surface area contributed by atoms with Gasteiger partial charge in [0.15, 0.2) is 0 Å². The van der Waals surface area contributed by atoms with E-state index in [2.05, 4.69) is 4.98 Å². The molecular formula is C13H14N2O2S. The molecule has 94 valence electrons. The molecule has 5 heteroatoms. The van der Waals surface area contributed by atoms with Crippen LogP contribution in [0.5, 0.6) is 11.5 Å². The number of nitrogens with two attached hydrogens (primary N) is 1. The maximum atomic E-state index is 5.76. The lowest BCUT2D eigenvalue weighted by Crippen LogP contribution is -1.98. The first kappa shape index (κ1) is 11.5. The van der Waals surface area contributed by atoms with Crippen LogP contribution in [-0.4, -0.2) is 18.7 Å². The molecule has 2 heterocycles. The van der Waals surface area contributed by atoms with Gasteiger partial charge < -0.3 is 15.2 Å². The van der Waals surface area contributed by atoms with Gasteiger partial charge in [-0.3, -0.25) is 0 Å². The summed E-state index contributed by atoms with van der Waals surface area (Å²) in [5.41, 5.74) is 7.70. The van der Waals surface area contributed by atoms with Crippen molar-refractivity contribution in [2.45, 2.75) is 13.0 Å². The third-order valence-corrected chi connectivity index (χ3v) is 4.08. The minimum absolute atomic E-state index is 0.490. The zero-order valence-electron chi connectivity index (χ0n) is 10.1. The Morgan fingerprint density at radius 3 is 3.17 bits per heavy atom. The van der Waals surface area contributed by atoms with Gasteiger partial charge in [0, 0.05) is 29.5 Å². The van der Waals surface area contributed by atoms with Gasteiger partial charge in [-0.05, 0) is 12.1 Å². The third-order valence-electron chi connectivity index (χ3n) is 2.95. The number of thiazole rings is 1. The van der Waals surface area contributed by atoms with Gasteiger partial charge in [0.25, 0.3) is 0 Å². The van der Waals surface area contributed by atoms with E-state index in [1.165, 1.54) is 4.88 Å². The molecule has 1 aliphatic heterocycles. The molecule has 0 amide bonds. The van der Waals surface area contributed by atoms with Gasteiger partial charge in [0.05, 0.1) is 19.4 Å². The summed E-state index contributed by atoms with van der Waals surface area (Å²) in [4.78, 5) is 5.85. The predicted molar refractivity (Wildman–Crippen MR) is 71.2 cm³/mol. The molecule has 0 aliphatic carbocycles. The van der Waals surface area contributed by atoms with Crippen molar-refractivity contribution in [3.05, 3.63) is 28.1 Å². The average Bonchev–Trinajstić information content (AvgIpc) is 2.74. The van der Waals surface area contributed by atoms with Gasteiger partial charge in [-0.2, -0.15) is 0 Å². The van der Waals surface area contributed by atoms with E-state index in [9.17, 15) is 0 Å². The van der Waals surface area contributed by atoms with Crippen molar-refractivity contribution in [3.63, 3.8) is 0 Å². The molecule has 4 nitrogen and oxygen atoms in total. The van der Waals surface area contributed by atoms with Gasteiger partial charge in [0.1, 0.15) is 16.5 Å². The molecule has 3 rings (SSSR count). The van der Waals surface area contributed by atoms with Crippen LogP contribution in [0.3, 0.4) is 0 Å². The summed E-state index contributed by atoms with van der Waals surface area (Å²) in [7, 11) is 1.65. The summed E-state index contributed by atoms with van der Waals surface area (Å²) in [5.74, 6) is 1.63. The SMILES string of the molecule is COc1ccc2c(c1)OCCc1sc(CN)nc1-2. The lowest BCUT2D eigenvalue weighted by atomic mass is 10.1. The summed E-state index contributed by atoms with van der Waals surface area (Å²) >= 11 is 1.67.